The average molecular weight is 392 g/mol. The Hall–Kier alpha value is -3.51. The highest BCUT2D eigenvalue weighted by atomic mass is 35.5. The molecule has 1 aliphatic heterocycles. The summed E-state index contributed by atoms with van der Waals surface area (Å²) in [4.78, 5) is 35.3. The van der Waals surface area contributed by atoms with Gasteiger partial charge in [0.1, 0.15) is 11.6 Å². The molecular formula is C21H14ClN3O3. The fraction of sp³-hybridized carbons (Fsp3) is 0.0476. The number of aliphatic hydroxyl groups excluding tert-OH is 1. The average Bonchev–Trinajstić information content (AvgIpc) is 3.00. The highest BCUT2D eigenvalue weighted by Crippen LogP contribution is 2.41. The zero-order chi connectivity index (χ0) is 19.7. The number of anilines is 1. The third kappa shape index (κ3) is 3.04. The second kappa shape index (κ2) is 7.25. The van der Waals surface area contributed by atoms with Crippen molar-refractivity contribution in [3.8, 4) is 0 Å². The van der Waals surface area contributed by atoms with Gasteiger partial charge in [-0.2, -0.15) is 0 Å². The molecule has 6 nitrogen and oxygen atoms in total. The fourth-order valence-electron chi connectivity index (χ4n) is 3.18. The molecule has 28 heavy (non-hydrogen) atoms. The molecular weight excluding hydrogens is 378 g/mol. The zero-order valence-electron chi connectivity index (χ0n) is 14.5. The van der Waals surface area contributed by atoms with E-state index < -0.39 is 17.7 Å². The maximum atomic E-state index is 12.9. The molecule has 1 atom stereocenters. The topological polar surface area (TPSA) is 83.4 Å². The largest absolute Gasteiger partial charge is 0.507 e. The van der Waals surface area contributed by atoms with Crippen molar-refractivity contribution in [3.63, 3.8) is 0 Å². The van der Waals surface area contributed by atoms with Gasteiger partial charge in [-0.15, -0.1) is 0 Å². The Balaban J connectivity index is 1.94. The maximum Gasteiger partial charge on any atom is 0.301 e. The summed E-state index contributed by atoms with van der Waals surface area (Å²) in [6, 6.07) is 14.1. The van der Waals surface area contributed by atoms with Gasteiger partial charge in [-0.3, -0.25) is 19.5 Å². The van der Waals surface area contributed by atoms with Crippen LogP contribution in [0, 0.1) is 0 Å². The van der Waals surface area contributed by atoms with Gasteiger partial charge in [0.05, 0.1) is 11.6 Å². The molecule has 0 radical (unpaired) electrons. The molecule has 1 amide bonds. The second-order valence-corrected chi connectivity index (χ2v) is 6.59. The van der Waals surface area contributed by atoms with Crippen molar-refractivity contribution in [3.05, 3.63) is 94.9 Å². The van der Waals surface area contributed by atoms with Crippen LogP contribution < -0.4 is 4.90 Å². The lowest BCUT2D eigenvalue weighted by atomic mass is 9.96. The monoisotopic (exact) mass is 391 g/mol. The Kier molecular flexibility index (Phi) is 4.63. The molecule has 1 saturated heterocycles. The normalized spacial score (nSPS) is 18.5. The number of nitrogens with zero attached hydrogens (tertiary/aromatic N) is 3. The molecule has 2 aromatic heterocycles. The van der Waals surface area contributed by atoms with Gasteiger partial charge >= 0.3 is 5.91 Å². The summed E-state index contributed by atoms with van der Waals surface area (Å²) in [5, 5.41) is 11.4. The van der Waals surface area contributed by atoms with Gasteiger partial charge in [0.15, 0.2) is 0 Å². The van der Waals surface area contributed by atoms with Crippen LogP contribution >= 0.6 is 11.6 Å². The van der Waals surface area contributed by atoms with E-state index in [4.69, 9.17) is 11.6 Å². The van der Waals surface area contributed by atoms with Gasteiger partial charge in [-0.05, 0) is 48.0 Å². The number of rotatable bonds is 3. The molecule has 1 fully saturated rings. The van der Waals surface area contributed by atoms with Crippen LogP contribution in [0.1, 0.15) is 17.2 Å². The Morgan fingerprint density at radius 2 is 1.79 bits per heavy atom. The second-order valence-electron chi connectivity index (χ2n) is 6.15. The fourth-order valence-corrected chi connectivity index (χ4v) is 3.31. The first kappa shape index (κ1) is 17.9. The molecule has 1 N–H and O–H groups in total. The third-order valence-corrected chi connectivity index (χ3v) is 4.71. The van der Waals surface area contributed by atoms with Crippen molar-refractivity contribution >= 4 is 34.9 Å². The van der Waals surface area contributed by atoms with Crippen molar-refractivity contribution in [2.24, 2.45) is 0 Å². The van der Waals surface area contributed by atoms with Gasteiger partial charge in [0, 0.05) is 29.2 Å². The molecule has 0 bridgehead atoms. The van der Waals surface area contributed by atoms with E-state index in [0.29, 0.717) is 22.0 Å². The predicted molar refractivity (Wildman–Crippen MR) is 105 cm³/mol. The summed E-state index contributed by atoms with van der Waals surface area (Å²) in [5.74, 6) is -1.51. The first-order valence-electron chi connectivity index (χ1n) is 8.46. The highest BCUT2D eigenvalue weighted by molar-refractivity contribution is 6.51. The van der Waals surface area contributed by atoms with E-state index in [0.717, 1.165) is 0 Å². The standard InChI is InChI=1S/C21H14ClN3O3/c22-15-8-6-13(7-9-15)19(26)17-18(14-4-3-10-23-12-14)25(21(28)20(17)27)16-5-1-2-11-24-16/h1-12,18,26H/t18-/m0/s1. The van der Waals surface area contributed by atoms with E-state index >= 15 is 0 Å². The minimum atomic E-state index is -0.848. The molecule has 0 saturated carbocycles. The summed E-state index contributed by atoms with van der Waals surface area (Å²) >= 11 is 5.91. The van der Waals surface area contributed by atoms with Gasteiger partial charge < -0.3 is 5.11 Å². The van der Waals surface area contributed by atoms with Gasteiger partial charge in [-0.25, -0.2) is 4.98 Å². The lowest BCUT2D eigenvalue weighted by Crippen LogP contribution is -2.30. The van der Waals surface area contributed by atoms with Crippen LogP contribution in [0.15, 0.2) is 78.8 Å². The number of aliphatic hydroxyl groups is 1. The summed E-state index contributed by atoms with van der Waals surface area (Å²) in [5.41, 5.74) is 0.950. The number of carbonyl (C=O) groups is 2. The molecule has 3 heterocycles. The molecule has 4 rings (SSSR count). The Labute approximate surface area is 165 Å². The van der Waals surface area contributed by atoms with E-state index in [9.17, 15) is 14.7 Å². The molecule has 7 heteroatoms. The van der Waals surface area contributed by atoms with Crippen LogP contribution in [-0.2, 0) is 9.59 Å². The van der Waals surface area contributed by atoms with Crippen LogP contribution in [0.25, 0.3) is 5.76 Å². The quantitative estimate of drug-likeness (QED) is 0.417. The number of halogens is 1. The molecule has 3 aromatic rings. The van der Waals surface area contributed by atoms with Crippen molar-refractivity contribution in [2.45, 2.75) is 6.04 Å². The van der Waals surface area contributed by atoms with Gasteiger partial charge in [0.2, 0.25) is 0 Å². The van der Waals surface area contributed by atoms with E-state index in [1.165, 1.54) is 11.1 Å². The minimum Gasteiger partial charge on any atom is -0.507 e. The molecule has 1 aliphatic rings. The van der Waals surface area contributed by atoms with E-state index in [-0.39, 0.29) is 11.3 Å². The zero-order valence-corrected chi connectivity index (χ0v) is 15.2. The van der Waals surface area contributed by atoms with E-state index in [1.807, 2.05) is 0 Å². The van der Waals surface area contributed by atoms with Gasteiger partial charge in [0.25, 0.3) is 5.78 Å². The number of aromatic nitrogens is 2. The van der Waals surface area contributed by atoms with Crippen molar-refractivity contribution in [1.82, 2.24) is 9.97 Å². The van der Waals surface area contributed by atoms with Crippen molar-refractivity contribution in [1.29, 1.82) is 0 Å². The molecule has 1 aromatic carbocycles. The molecule has 0 unspecified atom stereocenters. The van der Waals surface area contributed by atoms with Crippen LogP contribution in [0.5, 0.6) is 0 Å². The lowest BCUT2D eigenvalue weighted by Gasteiger charge is -2.24. The van der Waals surface area contributed by atoms with Crippen LogP contribution in [-0.4, -0.2) is 26.8 Å². The van der Waals surface area contributed by atoms with Gasteiger partial charge in [-0.1, -0.05) is 23.7 Å². The highest BCUT2D eigenvalue weighted by Gasteiger charge is 2.47. The SMILES string of the molecule is O=C1C(=O)N(c2ccccn2)[C@@H](c2cccnc2)C1=C(O)c1ccc(Cl)cc1. The summed E-state index contributed by atoms with van der Waals surface area (Å²) in [6.45, 7) is 0. The predicted octanol–water partition coefficient (Wildman–Crippen LogP) is 3.76. The van der Waals surface area contributed by atoms with Crippen LogP contribution in [0.2, 0.25) is 5.02 Å². The number of amides is 1. The first-order chi connectivity index (χ1) is 13.6. The number of carbonyl (C=O) groups excluding carboxylic acids is 2. The number of pyridine rings is 2. The Morgan fingerprint density at radius 3 is 2.43 bits per heavy atom. The summed E-state index contributed by atoms with van der Waals surface area (Å²) in [6.07, 6.45) is 4.69. The smallest absolute Gasteiger partial charge is 0.301 e. The number of hydrogen-bond donors (Lipinski definition) is 1. The lowest BCUT2D eigenvalue weighted by molar-refractivity contribution is -0.132. The minimum absolute atomic E-state index is 0.0222. The third-order valence-electron chi connectivity index (χ3n) is 4.46. The Morgan fingerprint density at radius 1 is 1.00 bits per heavy atom. The van der Waals surface area contributed by atoms with Crippen molar-refractivity contribution < 1.29 is 14.7 Å². The number of benzene rings is 1. The van der Waals surface area contributed by atoms with Crippen molar-refractivity contribution in [2.75, 3.05) is 4.90 Å². The number of Topliss-reactive ketones (excluding diaryl/α,β-unsaturated/α-hetero) is 1. The molecule has 0 spiro atoms. The summed E-state index contributed by atoms with van der Waals surface area (Å²) < 4.78 is 0. The number of hydrogen-bond acceptors (Lipinski definition) is 5. The Bertz CT molecular complexity index is 1070. The molecule has 138 valence electrons. The first-order valence-corrected chi connectivity index (χ1v) is 8.83. The number of ketones is 1. The molecule has 0 aliphatic carbocycles. The van der Waals surface area contributed by atoms with Crippen LogP contribution in [0.3, 0.4) is 0 Å². The van der Waals surface area contributed by atoms with Crippen LogP contribution in [0.4, 0.5) is 5.82 Å². The van der Waals surface area contributed by atoms with E-state index in [1.54, 1.807) is 67.0 Å². The maximum absolute atomic E-state index is 12.9. The summed E-state index contributed by atoms with van der Waals surface area (Å²) in [7, 11) is 0. The van der Waals surface area contributed by atoms with E-state index in [2.05, 4.69) is 9.97 Å².